The van der Waals surface area contributed by atoms with Crippen LogP contribution in [0.25, 0.3) is 5.69 Å². The van der Waals surface area contributed by atoms with Gasteiger partial charge in [0.25, 0.3) is 5.56 Å². The number of ether oxygens (including phenoxy) is 2. The molecule has 0 fully saturated rings. The molecule has 0 bridgehead atoms. The van der Waals surface area contributed by atoms with Gasteiger partial charge in [0.2, 0.25) is 0 Å². The molecule has 26 heavy (non-hydrogen) atoms. The van der Waals surface area contributed by atoms with E-state index in [0.29, 0.717) is 28.8 Å². The van der Waals surface area contributed by atoms with Crippen LogP contribution in [-0.4, -0.2) is 23.8 Å². The van der Waals surface area contributed by atoms with Gasteiger partial charge in [0.05, 0.1) is 19.9 Å². The largest absolute Gasteiger partial charge is 0.493 e. The molecule has 0 atom stereocenters. The summed E-state index contributed by atoms with van der Waals surface area (Å²) in [6.45, 7) is 0.401. The van der Waals surface area contributed by atoms with E-state index in [0.717, 1.165) is 5.56 Å². The summed E-state index contributed by atoms with van der Waals surface area (Å²) in [7, 11) is 3.11. The third-order valence-electron chi connectivity index (χ3n) is 3.89. The summed E-state index contributed by atoms with van der Waals surface area (Å²) in [5.41, 5.74) is 1.26. The summed E-state index contributed by atoms with van der Waals surface area (Å²) >= 11 is 6.15. The van der Waals surface area contributed by atoms with Gasteiger partial charge in [-0.2, -0.15) is 0 Å². The summed E-state index contributed by atoms with van der Waals surface area (Å²) in [6, 6.07) is 12.7. The topological polar surface area (TPSA) is 65.4 Å². The van der Waals surface area contributed by atoms with Crippen LogP contribution in [0.1, 0.15) is 5.56 Å². The first-order chi connectivity index (χ1) is 12.6. The number of benzene rings is 2. The van der Waals surface area contributed by atoms with Gasteiger partial charge in [0.1, 0.15) is 0 Å². The molecule has 0 amide bonds. The van der Waals surface area contributed by atoms with E-state index in [9.17, 15) is 4.79 Å². The van der Waals surface area contributed by atoms with E-state index in [1.54, 1.807) is 50.9 Å². The molecular weight excluding hydrogens is 354 g/mol. The first kappa shape index (κ1) is 17.8. The number of nitrogens with zero attached hydrogens (tertiary/aromatic N) is 2. The summed E-state index contributed by atoms with van der Waals surface area (Å²) in [5.74, 6) is 1.37. The average Bonchev–Trinajstić information content (AvgIpc) is 2.67. The molecule has 0 saturated carbocycles. The van der Waals surface area contributed by atoms with Crippen LogP contribution in [0.2, 0.25) is 5.02 Å². The van der Waals surface area contributed by atoms with Gasteiger partial charge in [-0.1, -0.05) is 29.8 Å². The van der Waals surface area contributed by atoms with Gasteiger partial charge in [0, 0.05) is 30.0 Å². The lowest BCUT2D eigenvalue weighted by Crippen LogP contribution is -2.23. The molecule has 3 rings (SSSR count). The molecule has 2 aromatic carbocycles. The second kappa shape index (κ2) is 7.93. The molecule has 0 spiro atoms. The van der Waals surface area contributed by atoms with Crippen molar-refractivity contribution in [3.05, 3.63) is 75.8 Å². The number of hydrogen-bond donors (Lipinski definition) is 1. The van der Waals surface area contributed by atoms with Gasteiger partial charge in [0.15, 0.2) is 17.3 Å². The number of methoxy groups -OCH3 is 2. The fourth-order valence-electron chi connectivity index (χ4n) is 2.53. The molecule has 134 valence electrons. The highest BCUT2D eigenvalue weighted by molar-refractivity contribution is 6.31. The predicted molar refractivity (Wildman–Crippen MR) is 102 cm³/mol. The van der Waals surface area contributed by atoms with Gasteiger partial charge in [-0.05, 0) is 23.8 Å². The monoisotopic (exact) mass is 371 g/mol. The zero-order valence-corrected chi connectivity index (χ0v) is 15.2. The molecule has 0 aliphatic rings. The van der Waals surface area contributed by atoms with Crippen LogP contribution in [0.15, 0.2) is 59.7 Å². The minimum Gasteiger partial charge on any atom is -0.493 e. The Hall–Kier alpha value is -2.99. The summed E-state index contributed by atoms with van der Waals surface area (Å²) in [4.78, 5) is 16.9. The summed E-state index contributed by atoms with van der Waals surface area (Å²) < 4.78 is 12.0. The lowest BCUT2D eigenvalue weighted by molar-refractivity contribution is 0.355. The number of halogens is 1. The third-order valence-corrected chi connectivity index (χ3v) is 4.26. The van der Waals surface area contributed by atoms with E-state index in [2.05, 4.69) is 10.3 Å². The van der Waals surface area contributed by atoms with Gasteiger partial charge in [-0.15, -0.1) is 0 Å². The zero-order valence-electron chi connectivity index (χ0n) is 14.4. The molecule has 7 heteroatoms. The average molecular weight is 372 g/mol. The molecule has 0 unspecified atom stereocenters. The molecule has 6 nitrogen and oxygen atoms in total. The van der Waals surface area contributed by atoms with Crippen molar-refractivity contribution in [2.45, 2.75) is 6.54 Å². The highest BCUT2D eigenvalue weighted by Crippen LogP contribution is 2.28. The molecule has 0 aliphatic heterocycles. The highest BCUT2D eigenvalue weighted by atomic mass is 35.5. The standard InChI is InChI=1S/C19H18ClN3O3/c1-25-16-8-7-14(11-17(16)26-2)23-10-9-21-18(19(23)24)22-12-13-5-3-4-6-15(13)20/h3-11H,12H2,1-2H3,(H,21,22). The van der Waals surface area contributed by atoms with Crippen molar-refractivity contribution < 1.29 is 9.47 Å². The lowest BCUT2D eigenvalue weighted by atomic mass is 10.2. The van der Waals surface area contributed by atoms with Crippen LogP contribution < -0.4 is 20.3 Å². The molecule has 0 saturated heterocycles. The number of aromatic nitrogens is 2. The second-order valence-electron chi connectivity index (χ2n) is 5.44. The first-order valence-electron chi connectivity index (χ1n) is 7.91. The van der Waals surface area contributed by atoms with E-state index in [1.165, 1.54) is 4.57 Å². The Labute approximate surface area is 156 Å². The maximum absolute atomic E-state index is 12.8. The smallest absolute Gasteiger partial charge is 0.297 e. The Morgan fingerprint density at radius 3 is 2.62 bits per heavy atom. The maximum atomic E-state index is 12.8. The van der Waals surface area contributed by atoms with Crippen molar-refractivity contribution in [2.75, 3.05) is 19.5 Å². The van der Waals surface area contributed by atoms with Crippen LogP contribution in [-0.2, 0) is 6.54 Å². The minimum atomic E-state index is -0.272. The maximum Gasteiger partial charge on any atom is 0.297 e. The van der Waals surface area contributed by atoms with E-state index >= 15 is 0 Å². The lowest BCUT2D eigenvalue weighted by Gasteiger charge is -2.12. The quantitative estimate of drug-likeness (QED) is 0.718. The number of anilines is 1. The van der Waals surface area contributed by atoms with Crippen molar-refractivity contribution in [1.29, 1.82) is 0 Å². The zero-order chi connectivity index (χ0) is 18.5. The Morgan fingerprint density at radius 1 is 1.12 bits per heavy atom. The number of nitrogens with one attached hydrogen (secondary N) is 1. The van der Waals surface area contributed by atoms with Crippen molar-refractivity contribution in [3.8, 4) is 17.2 Å². The minimum absolute atomic E-state index is 0.238. The van der Waals surface area contributed by atoms with Crippen molar-refractivity contribution >= 4 is 17.4 Å². The molecule has 0 aliphatic carbocycles. The third kappa shape index (κ3) is 3.65. The van der Waals surface area contributed by atoms with Crippen molar-refractivity contribution in [3.63, 3.8) is 0 Å². The number of rotatable bonds is 6. The SMILES string of the molecule is COc1ccc(-n2ccnc(NCc3ccccc3Cl)c2=O)cc1OC. The Balaban J connectivity index is 1.90. The first-order valence-corrected chi connectivity index (χ1v) is 8.29. The van der Waals surface area contributed by atoms with E-state index in [4.69, 9.17) is 21.1 Å². The molecule has 1 N–H and O–H groups in total. The van der Waals surface area contributed by atoms with Crippen molar-refractivity contribution in [2.24, 2.45) is 0 Å². The van der Waals surface area contributed by atoms with E-state index in [1.807, 2.05) is 18.2 Å². The fraction of sp³-hybridized carbons (Fsp3) is 0.158. The van der Waals surface area contributed by atoms with Gasteiger partial charge < -0.3 is 14.8 Å². The Bertz CT molecular complexity index is 972. The molecule has 1 aromatic heterocycles. The van der Waals surface area contributed by atoms with Crippen molar-refractivity contribution in [1.82, 2.24) is 9.55 Å². The van der Waals surface area contributed by atoms with Gasteiger partial charge in [-0.25, -0.2) is 4.98 Å². The summed E-state index contributed by atoms with van der Waals surface area (Å²) in [5, 5.41) is 3.68. The molecule has 3 aromatic rings. The van der Waals surface area contributed by atoms with E-state index < -0.39 is 0 Å². The molecule has 0 radical (unpaired) electrons. The Kier molecular flexibility index (Phi) is 5.43. The van der Waals surface area contributed by atoms with Gasteiger partial charge in [-0.3, -0.25) is 9.36 Å². The second-order valence-corrected chi connectivity index (χ2v) is 5.84. The van der Waals surface area contributed by atoms with Crippen LogP contribution in [0.5, 0.6) is 11.5 Å². The molecular formula is C19H18ClN3O3. The van der Waals surface area contributed by atoms with Crippen LogP contribution in [0.4, 0.5) is 5.82 Å². The Morgan fingerprint density at radius 2 is 1.88 bits per heavy atom. The normalized spacial score (nSPS) is 10.4. The van der Waals surface area contributed by atoms with Crippen LogP contribution in [0.3, 0.4) is 0 Å². The summed E-state index contributed by atoms with van der Waals surface area (Å²) in [6.07, 6.45) is 3.16. The number of hydrogen-bond acceptors (Lipinski definition) is 5. The van der Waals surface area contributed by atoms with Crippen LogP contribution in [0, 0.1) is 0 Å². The van der Waals surface area contributed by atoms with E-state index in [-0.39, 0.29) is 11.4 Å². The predicted octanol–water partition coefficient (Wildman–Crippen LogP) is 3.52. The fourth-order valence-corrected chi connectivity index (χ4v) is 2.73. The van der Waals surface area contributed by atoms with Crippen LogP contribution >= 0.6 is 11.6 Å². The highest BCUT2D eigenvalue weighted by Gasteiger charge is 2.10. The molecule has 1 heterocycles. The van der Waals surface area contributed by atoms with Gasteiger partial charge >= 0.3 is 0 Å².